The van der Waals surface area contributed by atoms with Gasteiger partial charge >= 0.3 is 18.2 Å². The van der Waals surface area contributed by atoms with Crippen LogP contribution in [0.25, 0.3) is 10.2 Å². The number of rotatable bonds is 6. The molecule has 182 valence electrons. The molecular formula is C22H19F3N6O3S. The van der Waals surface area contributed by atoms with Gasteiger partial charge in [-0.2, -0.15) is 23.1 Å². The van der Waals surface area contributed by atoms with E-state index in [1.165, 1.54) is 35.6 Å². The number of aryl methyl sites for hydroxylation is 1. The molecule has 1 aromatic carbocycles. The lowest BCUT2D eigenvalue weighted by Crippen LogP contribution is -2.36. The van der Waals surface area contributed by atoms with Gasteiger partial charge in [-0.3, -0.25) is 0 Å². The number of carbonyl (C=O) groups is 1. The molecule has 0 radical (unpaired) electrons. The summed E-state index contributed by atoms with van der Waals surface area (Å²) in [6, 6.07) is 7.91. The van der Waals surface area contributed by atoms with Gasteiger partial charge in [0, 0.05) is 18.0 Å². The molecule has 9 nitrogen and oxygen atoms in total. The zero-order valence-electron chi connectivity index (χ0n) is 18.4. The van der Waals surface area contributed by atoms with Gasteiger partial charge in [0.15, 0.2) is 5.82 Å². The second kappa shape index (κ2) is 8.80. The lowest BCUT2D eigenvalue weighted by molar-refractivity contribution is -0.147. The second-order valence-corrected chi connectivity index (χ2v) is 9.07. The number of thiophene rings is 1. The zero-order valence-corrected chi connectivity index (χ0v) is 19.2. The Balaban J connectivity index is 1.51. The summed E-state index contributed by atoms with van der Waals surface area (Å²) < 4.78 is 46.6. The third kappa shape index (κ3) is 4.50. The van der Waals surface area contributed by atoms with Crippen molar-refractivity contribution in [3.8, 4) is 11.8 Å². The molecule has 3 aromatic heterocycles. The van der Waals surface area contributed by atoms with Crippen molar-refractivity contribution in [3.05, 3.63) is 52.4 Å². The quantitative estimate of drug-likeness (QED) is 0.401. The molecule has 0 bridgehead atoms. The smallest absolute Gasteiger partial charge is 0.451 e. The molecule has 0 unspecified atom stereocenters. The monoisotopic (exact) mass is 504 g/mol. The highest BCUT2D eigenvalue weighted by molar-refractivity contribution is 7.18. The Labute approximate surface area is 200 Å². The number of alkyl halides is 3. The first-order valence-corrected chi connectivity index (χ1v) is 11.6. The minimum atomic E-state index is -4.57. The van der Waals surface area contributed by atoms with Crippen molar-refractivity contribution in [2.24, 2.45) is 0 Å². The fourth-order valence-corrected chi connectivity index (χ4v) is 5.03. The molecule has 1 N–H and O–H groups in total. The maximum absolute atomic E-state index is 13.2. The minimum Gasteiger partial charge on any atom is -0.478 e. The molecular weight excluding hydrogens is 485 g/mol. The van der Waals surface area contributed by atoms with Crippen LogP contribution in [0, 0.1) is 0 Å². The summed E-state index contributed by atoms with van der Waals surface area (Å²) in [5.41, 5.74) is 0.118. The van der Waals surface area contributed by atoms with E-state index >= 15 is 0 Å². The molecule has 0 aliphatic carbocycles. The summed E-state index contributed by atoms with van der Waals surface area (Å²) >= 11 is 1.51. The summed E-state index contributed by atoms with van der Waals surface area (Å²) in [6.45, 7) is 2.50. The van der Waals surface area contributed by atoms with Crippen molar-refractivity contribution in [3.63, 3.8) is 0 Å². The Hall–Kier alpha value is -3.74. The number of aromatic carboxylic acids is 1. The molecule has 5 rings (SSSR count). The Bertz CT molecular complexity index is 1400. The van der Waals surface area contributed by atoms with E-state index in [4.69, 9.17) is 9.84 Å². The lowest BCUT2D eigenvalue weighted by Gasteiger charge is -2.29. The van der Waals surface area contributed by atoms with Crippen molar-refractivity contribution in [2.75, 3.05) is 11.4 Å². The maximum atomic E-state index is 13.2. The van der Waals surface area contributed by atoms with Gasteiger partial charge in [-0.1, -0.05) is 13.3 Å². The van der Waals surface area contributed by atoms with E-state index < -0.39 is 18.0 Å². The third-order valence-corrected chi connectivity index (χ3v) is 6.60. The standard InChI is InChI=1S/C22H19F3N6O3S/c1-2-3-14-10-15-17(30-8-9-31-16(11-30)28-29-20(31)22(23,24)25)26-21(27-18(15)35-14)34-13-6-4-12(5-7-13)19(32)33/h4-7,10H,2-3,8-9,11H2,1H3,(H,32,33). The van der Waals surface area contributed by atoms with Crippen molar-refractivity contribution in [2.45, 2.75) is 39.0 Å². The molecule has 0 atom stereocenters. The largest absolute Gasteiger partial charge is 0.478 e. The summed E-state index contributed by atoms with van der Waals surface area (Å²) in [6.07, 6.45) is -2.77. The van der Waals surface area contributed by atoms with Gasteiger partial charge in [-0.25, -0.2) is 4.79 Å². The van der Waals surface area contributed by atoms with Crippen LogP contribution >= 0.6 is 11.3 Å². The number of hydrogen-bond donors (Lipinski definition) is 1. The molecule has 35 heavy (non-hydrogen) atoms. The van der Waals surface area contributed by atoms with E-state index in [0.717, 1.165) is 27.7 Å². The van der Waals surface area contributed by atoms with Crippen LogP contribution in [0.5, 0.6) is 11.8 Å². The number of hydrogen-bond acceptors (Lipinski definition) is 8. The molecule has 4 aromatic rings. The van der Waals surface area contributed by atoms with Crippen LogP contribution in [-0.4, -0.2) is 42.4 Å². The predicted octanol–water partition coefficient (Wildman–Crippen LogP) is 4.76. The van der Waals surface area contributed by atoms with E-state index in [9.17, 15) is 18.0 Å². The van der Waals surface area contributed by atoms with E-state index in [1.807, 2.05) is 11.0 Å². The highest BCUT2D eigenvalue weighted by Gasteiger charge is 2.39. The fraction of sp³-hybridized carbons (Fsp3) is 0.318. The maximum Gasteiger partial charge on any atom is 0.451 e. The van der Waals surface area contributed by atoms with Gasteiger partial charge in [-0.05, 0) is 36.8 Å². The van der Waals surface area contributed by atoms with Gasteiger partial charge in [0.2, 0.25) is 5.82 Å². The Morgan fingerprint density at radius 2 is 1.94 bits per heavy atom. The van der Waals surface area contributed by atoms with Crippen molar-refractivity contribution in [1.29, 1.82) is 0 Å². The number of carboxylic acid groups (broad SMARTS) is 1. The number of carboxylic acids is 1. The van der Waals surface area contributed by atoms with Crippen molar-refractivity contribution < 1.29 is 27.8 Å². The summed E-state index contributed by atoms with van der Waals surface area (Å²) in [4.78, 5) is 23.9. The Kier molecular flexibility index (Phi) is 5.79. The molecule has 0 spiro atoms. The summed E-state index contributed by atoms with van der Waals surface area (Å²) in [5.74, 6) is -0.960. The number of nitrogens with zero attached hydrogens (tertiary/aromatic N) is 6. The van der Waals surface area contributed by atoms with Crippen LogP contribution in [0.3, 0.4) is 0 Å². The van der Waals surface area contributed by atoms with Gasteiger partial charge in [0.1, 0.15) is 16.4 Å². The average Bonchev–Trinajstić information content (AvgIpc) is 3.42. The van der Waals surface area contributed by atoms with Gasteiger partial charge in [-0.15, -0.1) is 21.5 Å². The van der Waals surface area contributed by atoms with Gasteiger partial charge < -0.3 is 19.3 Å². The molecule has 1 aliphatic heterocycles. The van der Waals surface area contributed by atoms with Crippen LogP contribution in [0.1, 0.15) is 40.2 Å². The molecule has 4 heterocycles. The molecule has 0 saturated carbocycles. The molecule has 0 amide bonds. The zero-order chi connectivity index (χ0) is 24.7. The van der Waals surface area contributed by atoms with E-state index in [-0.39, 0.29) is 37.0 Å². The van der Waals surface area contributed by atoms with Gasteiger partial charge in [0.25, 0.3) is 0 Å². The summed E-state index contributed by atoms with van der Waals surface area (Å²) in [5, 5.41) is 17.0. The highest BCUT2D eigenvalue weighted by Crippen LogP contribution is 2.36. The summed E-state index contributed by atoms with van der Waals surface area (Å²) in [7, 11) is 0. The number of anilines is 1. The van der Waals surface area contributed by atoms with Crippen LogP contribution in [0.15, 0.2) is 30.3 Å². The molecule has 0 fully saturated rings. The van der Waals surface area contributed by atoms with Crippen LogP contribution in [-0.2, 0) is 25.7 Å². The number of aromatic nitrogens is 5. The predicted molar refractivity (Wildman–Crippen MR) is 121 cm³/mol. The topological polar surface area (TPSA) is 106 Å². The molecule has 0 saturated heterocycles. The number of halogens is 3. The SMILES string of the molecule is CCCc1cc2c(N3CCn4c(nnc4C(F)(F)F)C3)nc(Oc3ccc(C(=O)O)cc3)nc2s1. The molecule has 13 heteroatoms. The number of benzene rings is 1. The molecule has 1 aliphatic rings. The second-order valence-electron chi connectivity index (χ2n) is 7.95. The number of ether oxygens (including phenoxy) is 1. The minimum absolute atomic E-state index is 0.0570. The fourth-order valence-electron chi connectivity index (χ4n) is 3.91. The Morgan fingerprint density at radius 1 is 1.17 bits per heavy atom. The van der Waals surface area contributed by atoms with Crippen LogP contribution in [0.4, 0.5) is 19.0 Å². The van der Waals surface area contributed by atoms with Crippen molar-refractivity contribution in [1.82, 2.24) is 24.7 Å². The van der Waals surface area contributed by atoms with E-state index in [0.29, 0.717) is 16.4 Å². The average molecular weight is 504 g/mol. The number of fused-ring (bicyclic) bond motifs is 2. The Morgan fingerprint density at radius 3 is 2.63 bits per heavy atom. The normalized spacial score (nSPS) is 13.8. The highest BCUT2D eigenvalue weighted by atomic mass is 32.1. The van der Waals surface area contributed by atoms with E-state index in [2.05, 4.69) is 27.1 Å². The lowest BCUT2D eigenvalue weighted by atomic mass is 10.2. The first-order valence-electron chi connectivity index (χ1n) is 10.8. The first-order chi connectivity index (χ1) is 16.7. The van der Waals surface area contributed by atoms with Crippen LogP contribution in [0.2, 0.25) is 0 Å². The first kappa shape index (κ1) is 23.0. The van der Waals surface area contributed by atoms with E-state index in [1.54, 1.807) is 0 Å². The van der Waals surface area contributed by atoms with Gasteiger partial charge in [0.05, 0.1) is 17.5 Å². The van der Waals surface area contributed by atoms with Crippen LogP contribution < -0.4 is 9.64 Å². The third-order valence-electron chi connectivity index (χ3n) is 5.52. The van der Waals surface area contributed by atoms with Crippen molar-refractivity contribution >= 4 is 33.3 Å².